The molecule has 1 saturated carbocycles. The van der Waals surface area contributed by atoms with E-state index in [9.17, 15) is 4.79 Å². The number of unbranched alkanes of at least 4 members (excludes halogenated alkanes) is 1. The lowest BCUT2D eigenvalue weighted by atomic mass is 9.66. The number of fused-ring (bicyclic) bond motifs is 2. The van der Waals surface area contributed by atoms with Crippen molar-refractivity contribution < 1.29 is 4.79 Å². The molecule has 1 unspecified atom stereocenters. The molecule has 1 aromatic rings. The first-order valence-corrected chi connectivity index (χ1v) is 8.46. The Balaban J connectivity index is 1.83. The summed E-state index contributed by atoms with van der Waals surface area (Å²) in [6.45, 7) is 3.47. The van der Waals surface area contributed by atoms with Crippen molar-refractivity contribution in [3.05, 3.63) is 28.2 Å². The van der Waals surface area contributed by atoms with Gasteiger partial charge in [-0.15, -0.1) is 0 Å². The quantitative estimate of drug-likeness (QED) is 0.585. The van der Waals surface area contributed by atoms with Crippen LogP contribution < -0.4 is 4.90 Å². The minimum absolute atomic E-state index is 0.415. The molecular formula is C17H22BrNO. The summed E-state index contributed by atoms with van der Waals surface area (Å²) < 4.78 is 1.19. The second-order valence-electron chi connectivity index (χ2n) is 6.37. The molecule has 3 rings (SSSR count). The third-order valence-corrected chi connectivity index (χ3v) is 5.59. The van der Waals surface area contributed by atoms with Crippen LogP contribution in [0.3, 0.4) is 0 Å². The number of anilines is 1. The van der Waals surface area contributed by atoms with E-state index in [1.165, 1.54) is 36.0 Å². The second kappa shape index (κ2) is 5.51. The lowest BCUT2D eigenvalue weighted by Crippen LogP contribution is -2.42. The zero-order chi connectivity index (χ0) is 14.2. The van der Waals surface area contributed by atoms with E-state index in [4.69, 9.17) is 0 Å². The molecule has 3 heteroatoms. The van der Waals surface area contributed by atoms with Crippen molar-refractivity contribution in [3.63, 3.8) is 0 Å². The summed E-state index contributed by atoms with van der Waals surface area (Å²) in [7, 11) is 0. The van der Waals surface area contributed by atoms with Crippen molar-refractivity contribution in [3.8, 4) is 0 Å². The molecule has 1 aliphatic heterocycles. The SMILES string of the molecule is CC(CCCC=O)N1CC2(CCC2)c2cc(Br)ccc21. The van der Waals surface area contributed by atoms with E-state index in [1.807, 2.05) is 0 Å². The predicted molar refractivity (Wildman–Crippen MR) is 86.4 cm³/mol. The van der Waals surface area contributed by atoms with Gasteiger partial charge in [0.1, 0.15) is 6.29 Å². The maximum Gasteiger partial charge on any atom is 0.119 e. The lowest BCUT2D eigenvalue weighted by molar-refractivity contribution is -0.107. The van der Waals surface area contributed by atoms with Crippen LogP contribution in [0.25, 0.3) is 0 Å². The third kappa shape index (κ3) is 2.30. The highest BCUT2D eigenvalue weighted by Crippen LogP contribution is 2.53. The summed E-state index contributed by atoms with van der Waals surface area (Å²) >= 11 is 3.62. The zero-order valence-electron chi connectivity index (χ0n) is 12.1. The lowest BCUT2D eigenvalue weighted by Gasteiger charge is -2.40. The third-order valence-electron chi connectivity index (χ3n) is 5.10. The van der Waals surface area contributed by atoms with Gasteiger partial charge in [0.25, 0.3) is 0 Å². The molecule has 1 spiro atoms. The van der Waals surface area contributed by atoms with E-state index < -0.39 is 0 Å². The first-order valence-electron chi connectivity index (χ1n) is 7.67. The molecule has 0 aromatic heterocycles. The van der Waals surface area contributed by atoms with Gasteiger partial charge in [-0.25, -0.2) is 0 Å². The van der Waals surface area contributed by atoms with Crippen molar-refractivity contribution in [2.24, 2.45) is 0 Å². The summed E-state index contributed by atoms with van der Waals surface area (Å²) in [5.74, 6) is 0. The van der Waals surface area contributed by atoms with E-state index in [2.05, 4.69) is 46.0 Å². The van der Waals surface area contributed by atoms with Crippen LogP contribution in [0.4, 0.5) is 5.69 Å². The van der Waals surface area contributed by atoms with Crippen LogP contribution in [0.1, 0.15) is 51.0 Å². The fourth-order valence-corrected chi connectivity index (χ4v) is 4.12. The molecule has 1 fully saturated rings. The molecule has 1 aliphatic carbocycles. The summed E-state index contributed by atoms with van der Waals surface area (Å²) in [6, 6.07) is 7.27. The average molecular weight is 336 g/mol. The maximum absolute atomic E-state index is 10.5. The van der Waals surface area contributed by atoms with Gasteiger partial charge in [-0.3, -0.25) is 0 Å². The highest BCUT2D eigenvalue weighted by molar-refractivity contribution is 9.10. The minimum atomic E-state index is 0.415. The highest BCUT2D eigenvalue weighted by Gasteiger charge is 2.47. The van der Waals surface area contributed by atoms with E-state index in [-0.39, 0.29) is 0 Å². The molecule has 2 nitrogen and oxygen atoms in total. The number of hydrogen-bond acceptors (Lipinski definition) is 2. The molecule has 0 radical (unpaired) electrons. The van der Waals surface area contributed by atoms with Crippen LogP contribution in [0.5, 0.6) is 0 Å². The zero-order valence-corrected chi connectivity index (χ0v) is 13.7. The molecule has 0 N–H and O–H groups in total. The largest absolute Gasteiger partial charge is 0.368 e. The summed E-state index contributed by atoms with van der Waals surface area (Å²) in [5.41, 5.74) is 3.38. The number of aldehydes is 1. The first kappa shape index (κ1) is 14.1. The van der Waals surface area contributed by atoms with Crippen molar-refractivity contribution in [2.75, 3.05) is 11.4 Å². The molecule has 2 aliphatic rings. The Morgan fingerprint density at radius 2 is 2.25 bits per heavy atom. The fraction of sp³-hybridized carbons (Fsp3) is 0.588. The van der Waals surface area contributed by atoms with Crippen LogP contribution in [0.2, 0.25) is 0 Å². The Morgan fingerprint density at radius 3 is 2.90 bits per heavy atom. The maximum atomic E-state index is 10.5. The number of nitrogens with zero attached hydrogens (tertiary/aromatic N) is 1. The standard InChI is InChI=1S/C17H22BrNO/c1-13(5-2-3-10-20)19-12-17(8-4-9-17)15-11-14(18)6-7-16(15)19/h6-7,10-11,13H,2-5,8-9,12H2,1H3. The number of carbonyl (C=O) groups is 1. The molecule has 108 valence electrons. The number of rotatable bonds is 5. The van der Waals surface area contributed by atoms with Gasteiger partial charge in [-0.2, -0.15) is 0 Å². The summed E-state index contributed by atoms with van der Waals surface area (Å²) in [5, 5.41) is 0. The van der Waals surface area contributed by atoms with Crippen LogP contribution >= 0.6 is 15.9 Å². The first-order chi connectivity index (χ1) is 9.66. The van der Waals surface area contributed by atoms with E-state index in [0.717, 1.165) is 19.1 Å². The fourth-order valence-electron chi connectivity index (χ4n) is 3.76. The van der Waals surface area contributed by atoms with Crippen LogP contribution in [-0.2, 0) is 10.2 Å². The summed E-state index contributed by atoms with van der Waals surface area (Å²) in [4.78, 5) is 13.1. The van der Waals surface area contributed by atoms with Gasteiger partial charge in [-0.1, -0.05) is 22.4 Å². The van der Waals surface area contributed by atoms with E-state index in [1.54, 1.807) is 5.56 Å². The molecule has 0 saturated heterocycles. The molecular weight excluding hydrogens is 314 g/mol. The second-order valence-corrected chi connectivity index (χ2v) is 7.29. The molecule has 1 atom stereocenters. The highest BCUT2D eigenvalue weighted by atomic mass is 79.9. The normalized spacial score (nSPS) is 20.6. The van der Waals surface area contributed by atoms with Crippen molar-refractivity contribution >= 4 is 27.9 Å². The number of hydrogen-bond donors (Lipinski definition) is 0. The van der Waals surface area contributed by atoms with Crippen LogP contribution in [0.15, 0.2) is 22.7 Å². The van der Waals surface area contributed by atoms with Crippen molar-refractivity contribution in [1.82, 2.24) is 0 Å². The molecule has 1 heterocycles. The average Bonchev–Trinajstić information content (AvgIpc) is 2.73. The number of carbonyl (C=O) groups excluding carboxylic acids is 1. The Hall–Kier alpha value is -0.830. The molecule has 20 heavy (non-hydrogen) atoms. The van der Waals surface area contributed by atoms with Crippen LogP contribution in [-0.4, -0.2) is 18.9 Å². The van der Waals surface area contributed by atoms with Gasteiger partial charge in [0.2, 0.25) is 0 Å². The van der Waals surface area contributed by atoms with Gasteiger partial charge in [-0.05, 0) is 56.4 Å². The van der Waals surface area contributed by atoms with Gasteiger partial charge < -0.3 is 9.69 Å². The number of benzene rings is 1. The monoisotopic (exact) mass is 335 g/mol. The van der Waals surface area contributed by atoms with Gasteiger partial charge >= 0.3 is 0 Å². The smallest absolute Gasteiger partial charge is 0.119 e. The molecule has 0 amide bonds. The van der Waals surface area contributed by atoms with Gasteiger partial charge in [0, 0.05) is 34.6 Å². The Morgan fingerprint density at radius 1 is 1.45 bits per heavy atom. The number of halogens is 1. The van der Waals surface area contributed by atoms with Gasteiger partial charge in [0.15, 0.2) is 0 Å². The van der Waals surface area contributed by atoms with E-state index in [0.29, 0.717) is 17.9 Å². The van der Waals surface area contributed by atoms with E-state index >= 15 is 0 Å². The molecule has 1 aromatic carbocycles. The minimum Gasteiger partial charge on any atom is -0.368 e. The van der Waals surface area contributed by atoms with Crippen molar-refractivity contribution in [1.29, 1.82) is 0 Å². The van der Waals surface area contributed by atoms with Crippen LogP contribution in [0, 0.1) is 0 Å². The van der Waals surface area contributed by atoms with Gasteiger partial charge in [0.05, 0.1) is 0 Å². The molecule has 0 bridgehead atoms. The Labute approximate surface area is 129 Å². The topological polar surface area (TPSA) is 20.3 Å². The Bertz CT molecular complexity index is 510. The summed E-state index contributed by atoms with van der Waals surface area (Å²) in [6.07, 6.45) is 7.84. The Kier molecular flexibility index (Phi) is 3.89. The van der Waals surface area contributed by atoms with Crippen molar-refractivity contribution in [2.45, 2.75) is 56.9 Å². The predicted octanol–water partition coefficient (Wildman–Crippen LogP) is 4.45.